The molecular weight excluding hydrogens is 300 g/mol. The van der Waals surface area contributed by atoms with E-state index in [1.54, 1.807) is 30.3 Å². The number of hydrogen-bond acceptors (Lipinski definition) is 2. The lowest BCUT2D eigenvalue weighted by Crippen LogP contribution is -2.31. The number of benzene rings is 2. The Labute approximate surface area is 142 Å². The van der Waals surface area contributed by atoms with Crippen LogP contribution in [0.4, 0.5) is 5.69 Å². The highest BCUT2D eigenvalue weighted by Crippen LogP contribution is 2.10. The minimum Gasteiger partial charge on any atom is -0.350 e. The van der Waals surface area contributed by atoms with E-state index in [9.17, 15) is 9.59 Å². The monoisotopic (exact) mass is 322 g/mol. The number of carbonyl (C=O) groups is 2. The van der Waals surface area contributed by atoms with Crippen molar-refractivity contribution in [1.82, 2.24) is 5.32 Å². The third kappa shape index (κ3) is 5.39. The predicted molar refractivity (Wildman–Crippen MR) is 97.8 cm³/mol. The third-order valence-corrected chi connectivity index (χ3v) is 3.63. The van der Waals surface area contributed by atoms with Crippen LogP contribution in [-0.4, -0.2) is 17.9 Å². The molecule has 0 bridgehead atoms. The number of rotatable bonds is 6. The highest BCUT2D eigenvalue weighted by Gasteiger charge is 2.08. The molecular formula is C20H22N2O2. The zero-order valence-electron chi connectivity index (χ0n) is 14.0. The molecule has 0 saturated heterocycles. The minimum atomic E-state index is -0.212. The fraction of sp³-hybridized carbons (Fsp3) is 0.200. The van der Waals surface area contributed by atoms with E-state index in [4.69, 9.17) is 0 Å². The fourth-order valence-electron chi connectivity index (χ4n) is 2.03. The van der Waals surface area contributed by atoms with Crippen molar-refractivity contribution in [2.24, 2.45) is 0 Å². The summed E-state index contributed by atoms with van der Waals surface area (Å²) in [6.07, 6.45) is 4.12. The van der Waals surface area contributed by atoms with E-state index in [1.165, 1.54) is 6.08 Å². The van der Waals surface area contributed by atoms with Crippen LogP contribution < -0.4 is 10.6 Å². The van der Waals surface area contributed by atoms with E-state index >= 15 is 0 Å². The molecule has 0 aliphatic rings. The molecule has 0 fully saturated rings. The maximum Gasteiger partial charge on any atom is 0.251 e. The summed E-state index contributed by atoms with van der Waals surface area (Å²) in [5, 5.41) is 5.68. The van der Waals surface area contributed by atoms with Gasteiger partial charge in [0.25, 0.3) is 5.91 Å². The summed E-state index contributed by atoms with van der Waals surface area (Å²) in [6.45, 7) is 3.98. The number of amides is 2. The molecule has 0 heterocycles. The van der Waals surface area contributed by atoms with Crippen molar-refractivity contribution < 1.29 is 9.59 Å². The van der Waals surface area contributed by atoms with Gasteiger partial charge in [0.05, 0.1) is 0 Å². The smallest absolute Gasteiger partial charge is 0.251 e. The van der Waals surface area contributed by atoms with Gasteiger partial charge in [0, 0.05) is 23.4 Å². The molecule has 4 nitrogen and oxygen atoms in total. The second-order valence-electron chi connectivity index (χ2n) is 5.59. The highest BCUT2D eigenvalue weighted by molar-refractivity contribution is 6.02. The third-order valence-electron chi connectivity index (χ3n) is 3.63. The number of anilines is 1. The van der Waals surface area contributed by atoms with Crippen molar-refractivity contribution >= 4 is 23.6 Å². The first-order valence-electron chi connectivity index (χ1n) is 8.03. The molecule has 0 radical (unpaired) electrons. The molecule has 0 aromatic heterocycles. The topological polar surface area (TPSA) is 58.2 Å². The first-order valence-corrected chi connectivity index (χ1v) is 8.03. The summed E-state index contributed by atoms with van der Waals surface area (Å²) in [4.78, 5) is 23.9. The van der Waals surface area contributed by atoms with Gasteiger partial charge in [-0.3, -0.25) is 9.59 Å². The van der Waals surface area contributed by atoms with Gasteiger partial charge in [0.15, 0.2) is 0 Å². The first kappa shape index (κ1) is 17.5. The molecule has 2 rings (SSSR count). The Morgan fingerprint density at radius 3 is 2.33 bits per heavy atom. The zero-order chi connectivity index (χ0) is 17.4. The van der Waals surface area contributed by atoms with Crippen LogP contribution in [-0.2, 0) is 4.79 Å². The largest absolute Gasteiger partial charge is 0.350 e. The summed E-state index contributed by atoms with van der Waals surface area (Å²) < 4.78 is 0. The lowest BCUT2D eigenvalue weighted by Gasteiger charge is -2.11. The van der Waals surface area contributed by atoms with Crippen molar-refractivity contribution in [2.75, 3.05) is 5.32 Å². The Morgan fingerprint density at radius 2 is 1.71 bits per heavy atom. The van der Waals surface area contributed by atoms with Crippen molar-refractivity contribution in [2.45, 2.75) is 26.3 Å². The molecule has 24 heavy (non-hydrogen) atoms. The van der Waals surface area contributed by atoms with E-state index in [0.29, 0.717) is 11.3 Å². The van der Waals surface area contributed by atoms with Gasteiger partial charge in [-0.2, -0.15) is 0 Å². The van der Waals surface area contributed by atoms with Crippen molar-refractivity contribution in [3.05, 3.63) is 71.8 Å². The van der Waals surface area contributed by atoms with Gasteiger partial charge in [-0.15, -0.1) is 0 Å². The van der Waals surface area contributed by atoms with Gasteiger partial charge in [0.2, 0.25) is 5.91 Å². The van der Waals surface area contributed by atoms with E-state index in [-0.39, 0.29) is 17.9 Å². The summed E-state index contributed by atoms with van der Waals surface area (Å²) in [6, 6.07) is 16.6. The molecule has 4 heteroatoms. The Hall–Kier alpha value is -2.88. The molecule has 2 aromatic carbocycles. The van der Waals surface area contributed by atoms with Gasteiger partial charge in [-0.25, -0.2) is 0 Å². The summed E-state index contributed by atoms with van der Waals surface area (Å²) in [5.41, 5.74) is 2.19. The van der Waals surface area contributed by atoms with Gasteiger partial charge in [-0.05, 0) is 49.2 Å². The Balaban J connectivity index is 1.92. The van der Waals surface area contributed by atoms with E-state index < -0.39 is 0 Å². The molecule has 1 unspecified atom stereocenters. The number of carbonyl (C=O) groups excluding carboxylic acids is 2. The molecule has 0 saturated carbocycles. The molecule has 2 N–H and O–H groups in total. The number of nitrogens with one attached hydrogen (secondary N) is 2. The summed E-state index contributed by atoms with van der Waals surface area (Å²) >= 11 is 0. The molecule has 2 amide bonds. The Morgan fingerprint density at radius 1 is 1.04 bits per heavy atom. The average Bonchev–Trinajstić information content (AvgIpc) is 2.61. The maximum absolute atomic E-state index is 12.0. The van der Waals surface area contributed by atoms with Crippen molar-refractivity contribution in [3.63, 3.8) is 0 Å². The average molecular weight is 322 g/mol. The first-order chi connectivity index (χ1) is 11.6. The van der Waals surface area contributed by atoms with Crippen LogP contribution in [0.2, 0.25) is 0 Å². The fourth-order valence-corrected chi connectivity index (χ4v) is 2.03. The minimum absolute atomic E-state index is 0.105. The molecule has 124 valence electrons. The van der Waals surface area contributed by atoms with Crippen LogP contribution in [0.1, 0.15) is 36.2 Å². The quantitative estimate of drug-likeness (QED) is 0.793. The Bertz CT molecular complexity index is 706. The molecule has 0 aliphatic carbocycles. The lowest BCUT2D eigenvalue weighted by atomic mass is 10.1. The van der Waals surface area contributed by atoms with Crippen LogP contribution >= 0.6 is 0 Å². The lowest BCUT2D eigenvalue weighted by molar-refractivity contribution is -0.111. The normalized spacial score (nSPS) is 11.9. The van der Waals surface area contributed by atoms with Gasteiger partial charge in [0.1, 0.15) is 0 Å². The van der Waals surface area contributed by atoms with Crippen LogP contribution in [0, 0.1) is 0 Å². The summed E-state index contributed by atoms with van der Waals surface area (Å²) in [7, 11) is 0. The molecule has 0 spiro atoms. The SMILES string of the molecule is CCC(C)NC(=O)c1ccc(NC(=O)/C=C/c2ccccc2)cc1. The van der Waals surface area contributed by atoms with Crippen LogP contribution in [0.25, 0.3) is 6.08 Å². The molecule has 2 aromatic rings. The maximum atomic E-state index is 12.0. The van der Waals surface area contributed by atoms with E-state index in [1.807, 2.05) is 44.2 Å². The van der Waals surface area contributed by atoms with Crippen LogP contribution in [0.3, 0.4) is 0 Å². The molecule has 1 atom stereocenters. The second-order valence-corrected chi connectivity index (χ2v) is 5.59. The zero-order valence-corrected chi connectivity index (χ0v) is 14.0. The van der Waals surface area contributed by atoms with Crippen molar-refractivity contribution in [3.8, 4) is 0 Å². The second kappa shape index (κ2) is 8.67. The summed E-state index contributed by atoms with van der Waals surface area (Å²) in [5.74, 6) is -0.318. The standard InChI is InChI=1S/C20H22N2O2/c1-3-15(2)21-20(24)17-10-12-18(13-11-17)22-19(23)14-9-16-7-5-4-6-8-16/h4-15H,3H2,1-2H3,(H,21,24)(H,22,23)/b14-9+. The highest BCUT2D eigenvalue weighted by atomic mass is 16.2. The van der Waals surface area contributed by atoms with Gasteiger partial charge < -0.3 is 10.6 Å². The van der Waals surface area contributed by atoms with Crippen LogP contribution in [0.5, 0.6) is 0 Å². The molecule has 0 aliphatic heterocycles. The van der Waals surface area contributed by atoms with Gasteiger partial charge >= 0.3 is 0 Å². The van der Waals surface area contributed by atoms with E-state index in [0.717, 1.165) is 12.0 Å². The number of hydrogen-bond donors (Lipinski definition) is 2. The van der Waals surface area contributed by atoms with Crippen LogP contribution in [0.15, 0.2) is 60.7 Å². The Kier molecular flexibility index (Phi) is 6.32. The van der Waals surface area contributed by atoms with E-state index in [2.05, 4.69) is 10.6 Å². The van der Waals surface area contributed by atoms with Crippen molar-refractivity contribution in [1.29, 1.82) is 0 Å². The van der Waals surface area contributed by atoms with Gasteiger partial charge in [-0.1, -0.05) is 37.3 Å². The predicted octanol–water partition coefficient (Wildman–Crippen LogP) is 3.87.